The highest BCUT2D eigenvalue weighted by Crippen LogP contribution is 2.16. The van der Waals surface area contributed by atoms with Crippen LogP contribution >= 0.6 is 0 Å². The fourth-order valence-electron chi connectivity index (χ4n) is 3.28. The summed E-state index contributed by atoms with van der Waals surface area (Å²) in [5.41, 5.74) is 1.49. The van der Waals surface area contributed by atoms with E-state index in [-0.39, 0.29) is 30.4 Å². The number of nitrogens with zero attached hydrogens (tertiary/aromatic N) is 2. The molecule has 1 fully saturated rings. The Morgan fingerprint density at radius 1 is 1.18 bits per heavy atom. The van der Waals surface area contributed by atoms with Crippen LogP contribution in [0.25, 0.3) is 0 Å². The van der Waals surface area contributed by atoms with Crippen molar-refractivity contribution in [1.82, 2.24) is 25.3 Å². The van der Waals surface area contributed by atoms with Gasteiger partial charge in [-0.3, -0.25) is 19.7 Å². The second kappa shape index (κ2) is 13.9. The maximum Gasteiger partial charge on any atom is 0.261 e. The zero-order valence-corrected chi connectivity index (χ0v) is 20.4. The topological polar surface area (TPSA) is 140 Å². The molecule has 12 heteroatoms. The van der Waals surface area contributed by atoms with E-state index in [1.165, 1.54) is 29.7 Å². The van der Waals surface area contributed by atoms with Gasteiger partial charge in [0.2, 0.25) is 15.9 Å². The molecule has 1 unspecified atom stereocenters. The lowest BCUT2D eigenvalue weighted by molar-refractivity contribution is -0.131. The van der Waals surface area contributed by atoms with Crippen LogP contribution in [0.3, 0.4) is 0 Å². The number of carbonyl (C=O) groups excluding carboxylic acids is 2. The van der Waals surface area contributed by atoms with Crippen molar-refractivity contribution in [3.05, 3.63) is 24.3 Å². The lowest BCUT2D eigenvalue weighted by atomic mass is 10.1. The maximum atomic E-state index is 12.7. The summed E-state index contributed by atoms with van der Waals surface area (Å²) >= 11 is 0. The number of sulfonamides is 1. The summed E-state index contributed by atoms with van der Waals surface area (Å²) in [4.78, 5) is 28.4. The SMILES string of the molecule is CC#CCOc1ccc(S(=O)(=O)NC(CCCNC(=O)CN2CCN(C)CC2)C(=O)NO)cc1. The van der Waals surface area contributed by atoms with Gasteiger partial charge in [-0.15, -0.1) is 5.92 Å². The number of piperazine rings is 1. The van der Waals surface area contributed by atoms with Crippen LogP contribution in [0.15, 0.2) is 29.2 Å². The van der Waals surface area contributed by atoms with Gasteiger partial charge in [-0.25, -0.2) is 13.9 Å². The fourth-order valence-corrected chi connectivity index (χ4v) is 4.51. The van der Waals surface area contributed by atoms with Crippen molar-refractivity contribution in [1.29, 1.82) is 0 Å². The lowest BCUT2D eigenvalue weighted by Crippen LogP contribution is -2.48. The van der Waals surface area contributed by atoms with Gasteiger partial charge in [-0.05, 0) is 51.1 Å². The molecule has 1 aliphatic heterocycles. The largest absolute Gasteiger partial charge is 0.481 e. The van der Waals surface area contributed by atoms with E-state index in [2.05, 4.69) is 31.7 Å². The molecule has 1 aliphatic rings. The average Bonchev–Trinajstić information content (AvgIpc) is 2.82. The molecule has 34 heavy (non-hydrogen) atoms. The molecule has 0 radical (unpaired) electrons. The number of rotatable bonds is 12. The van der Waals surface area contributed by atoms with Gasteiger partial charge in [-0.2, -0.15) is 4.72 Å². The van der Waals surface area contributed by atoms with Crippen LogP contribution in [0.5, 0.6) is 5.75 Å². The Bertz CT molecular complexity index is 966. The van der Waals surface area contributed by atoms with Crippen molar-refractivity contribution < 1.29 is 28.0 Å². The summed E-state index contributed by atoms with van der Waals surface area (Å²) in [5.74, 6) is 4.88. The minimum Gasteiger partial charge on any atom is -0.481 e. The second-order valence-electron chi connectivity index (χ2n) is 7.91. The molecule has 1 aromatic rings. The van der Waals surface area contributed by atoms with Crippen molar-refractivity contribution >= 4 is 21.8 Å². The van der Waals surface area contributed by atoms with E-state index in [0.29, 0.717) is 18.7 Å². The summed E-state index contributed by atoms with van der Waals surface area (Å²) in [7, 11) is -2.00. The Morgan fingerprint density at radius 2 is 1.85 bits per heavy atom. The van der Waals surface area contributed by atoms with Crippen molar-refractivity contribution in [3.8, 4) is 17.6 Å². The normalized spacial score (nSPS) is 15.6. The highest BCUT2D eigenvalue weighted by Gasteiger charge is 2.25. The minimum absolute atomic E-state index is 0.0577. The maximum absolute atomic E-state index is 12.7. The van der Waals surface area contributed by atoms with Crippen LogP contribution in [0.4, 0.5) is 0 Å². The highest BCUT2D eigenvalue weighted by molar-refractivity contribution is 7.89. The molecule has 0 saturated carbocycles. The molecule has 0 spiro atoms. The van der Waals surface area contributed by atoms with Gasteiger partial charge in [-0.1, -0.05) is 5.92 Å². The standard InChI is InChI=1S/C22H33N5O6S/c1-3-4-16-33-18-7-9-19(10-8-18)34(31,32)25-20(22(29)24-30)6-5-11-23-21(28)17-27-14-12-26(2)13-15-27/h7-10,20,25,30H,5-6,11-17H2,1-2H3,(H,23,28)(H,24,29). The third-order valence-electron chi connectivity index (χ3n) is 5.30. The number of hydrogen-bond acceptors (Lipinski definition) is 8. The van der Waals surface area contributed by atoms with Gasteiger partial charge in [0.05, 0.1) is 11.4 Å². The zero-order valence-electron chi connectivity index (χ0n) is 19.5. The predicted octanol–water partition coefficient (Wildman–Crippen LogP) is -0.615. The molecule has 1 heterocycles. The Labute approximate surface area is 200 Å². The van der Waals surface area contributed by atoms with Crippen LogP contribution in [0.1, 0.15) is 19.8 Å². The molecule has 2 rings (SSSR count). The first kappa shape index (κ1) is 27.6. The van der Waals surface area contributed by atoms with Gasteiger partial charge in [0.1, 0.15) is 18.4 Å². The molecule has 1 aromatic carbocycles. The first-order valence-corrected chi connectivity index (χ1v) is 12.5. The second-order valence-corrected chi connectivity index (χ2v) is 9.62. The molecule has 0 aromatic heterocycles. The highest BCUT2D eigenvalue weighted by atomic mass is 32.2. The fraction of sp³-hybridized carbons (Fsp3) is 0.545. The third kappa shape index (κ3) is 9.28. The zero-order chi connectivity index (χ0) is 25.0. The Morgan fingerprint density at radius 3 is 2.47 bits per heavy atom. The monoisotopic (exact) mass is 495 g/mol. The average molecular weight is 496 g/mol. The van der Waals surface area contributed by atoms with Crippen molar-refractivity contribution in [2.75, 3.05) is 52.9 Å². The summed E-state index contributed by atoms with van der Waals surface area (Å²) in [6.45, 7) is 5.91. The van der Waals surface area contributed by atoms with E-state index in [0.717, 1.165) is 26.2 Å². The number of benzene rings is 1. The van der Waals surface area contributed by atoms with E-state index in [9.17, 15) is 18.0 Å². The summed E-state index contributed by atoms with van der Waals surface area (Å²) in [6, 6.07) is 4.47. The molecule has 0 aliphatic carbocycles. The van der Waals surface area contributed by atoms with Gasteiger partial charge < -0.3 is 15.0 Å². The molecular formula is C22H33N5O6S. The van der Waals surface area contributed by atoms with E-state index >= 15 is 0 Å². The van der Waals surface area contributed by atoms with Crippen molar-refractivity contribution in [3.63, 3.8) is 0 Å². The van der Waals surface area contributed by atoms with E-state index < -0.39 is 22.0 Å². The first-order chi connectivity index (χ1) is 16.2. The summed E-state index contributed by atoms with van der Waals surface area (Å²) in [6.07, 6.45) is 0.414. The van der Waals surface area contributed by atoms with Gasteiger partial charge >= 0.3 is 0 Å². The third-order valence-corrected chi connectivity index (χ3v) is 6.79. The van der Waals surface area contributed by atoms with E-state index in [1.54, 1.807) is 6.92 Å². The van der Waals surface area contributed by atoms with Crippen LogP contribution in [-0.4, -0.2) is 94.2 Å². The molecule has 188 valence electrons. The number of carbonyl (C=O) groups is 2. The van der Waals surface area contributed by atoms with Crippen LogP contribution in [-0.2, 0) is 19.6 Å². The number of likely N-dealkylation sites (N-methyl/N-ethyl adjacent to an activating group) is 1. The molecule has 4 N–H and O–H groups in total. The molecule has 11 nitrogen and oxygen atoms in total. The van der Waals surface area contributed by atoms with Gasteiger partial charge in [0.25, 0.3) is 5.91 Å². The Hall–Kier alpha value is -2.69. The summed E-state index contributed by atoms with van der Waals surface area (Å²) < 4.78 is 33.1. The number of hydrogen-bond donors (Lipinski definition) is 4. The van der Waals surface area contributed by atoms with Crippen LogP contribution in [0.2, 0.25) is 0 Å². The number of amides is 2. The number of ether oxygens (including phenoxy) is 1. The lowest BCUT2D eigenvalue weighted by Gasteiger charge is -2.31. The number of nitrogens with one attached hydrogen (secondary N) is 3. The van der Waals surface area contributed by atoms with Crippen LogP contribution in [0, 0.1) is 11.8 Å². The summed E-state index contributed by atoms with van der Waals surface area (Å²) in [5, 5.41) is 11.8. The van der Waals surface area contributed by atoms with Crippen molar-refractivity contribution in [2.45, 2.75) is 30.7 Å². The van der Waals surface area contributed by atoms with Gasteiger partial charge in [0.15, 0.2) is 0 Å². The number of hydroxylamine groups is 1. The molecule has 1 atom stereocenters. The Balaban J connectivity index is 1.84. The van der Waals surface area contributed by atoms with Crippen LogP contribution < -0.4 is 20.3 Å². The Kier molecular flexibility index (Phi) is 11.2. The van der Waals surface area contributed by atoms with E-state index in [1.807, 2.05) is 7.05 Å². The first-order valence-electron chi connectivity index (χ1n) is 11.0. The quantitative estimate of drug-likeness (QED) is 0.130. The molecule has 1 saturated heterocycles. The smallest absolute Gasteiger partial charge is 0.261 e. The minimum atomic E-state index is -4.04. The molecule has 2 amide bonds. The van der Waals surface area contributed by atoms with Crippen molar-refractivity contribution in [2.24, 2.45) is 0 Å². The van der Waals surface area contributed by atoms with E-state index in [4.69, 9.17) is 9.94 Å². The predicted molar refractivity (Wildman–Crippen MR) is 126 cm³/mol. The molecular weight excluding hydrogens is 462 g/mol. The van der Waals surface area contributed by atoms with Gasteiger partial charge in [0, 0.05) is 32.7 Å². The molecule has 0 bridgehead atoms.